The lowest BCUT2D eigenvalue weighted by Gasteiger charge is -2.11. The summed E-state index contributed by atoms with van der Waals surface area (Å²) < 4.78 is 33.4. The molecule has 0 heterocycles. The van der Waals surface area contributed by atoms with Crippen LogP contribution in [0.2, 0.25) is 5.02 Å². The van der Waals surface area contributed by atoms with E-state index < -0.39 is 28.3 Å². The van der Waals surface area contributed by atoms with Gasteiger partial charge in [0.15, 0.2) is 16.4 Å². The molecule has 0 unspecified atom stereocenters. The predicted molar refractivity (Wildman–Crippen MR) is 96.5 cm³/mol. The first-order valence-electron chi connectivity index (χ1n) is 7.32. The summed E-state index contributed by atoms with van der Waals surface area (Å²) in [5.41, 5.74) is 0.181. The number of nitrogens with one attached hydrogen (secondary N) is 1. The molecule has 0 spiro atoms. The largest absolute Gasteiger partial charge is 0.496 e. The van der Waals surface area contributed by atoms with Crippen molar-refractivity contribution in [2.24, 2.45) is 0 Å². The lowest BCUT2D eigenvalue weighted by atomic mass is 10.2. The summed E-state index contributed by atoms with van der Waals surface area (Å²) in [6.07, 6.45) is 1.03. The van der Waals surface area contributed by atoms with Crippen molar-refractivity contribution >= 4 is 39.0 Å². The van der Waals surface area contributed by atoms with Crippen LogP contribution in [0, 0.1) is 0 Å². The van der Waals surface area contributed by atoms with E-state index in [0.29, 0.717) is 5.02 Å². The third-order valence-corrected chi connectivity index (χ3v) is 4.67. The third kappa shape index (κ3) is 4.96. The number of sulfone groups is 1. The first-order chi connectivity index (χ1) is 12.2. The topological polar surface area (TPSA) is 98.8 Å². The summed E-state index contributed by atoms with van der Waals surface area (Å²) in [5.74, 6) is -1.23. The summed E-state index contributed by atoms with van der Waals surface area (Å²) in [5, 5.41) is 2.72. The van der Waals surface area contributed by atoms with Crippen molar-refractivity contribution in [3.05, 3.63) is 53.1 Å². The Morgan fingerprint density at radius 2 is 1.85 bits per heavy atom. The summed E-state index contributed by atoms with van der Waals surface area (Å²) in [7, 11) is -2.14. The smallest absolute Gasteiger partial charge is 0.342 e. The number of carbonyl (C=O) groups excluding carboxylic acids is 2. The number of hydrogen-bond donors (Lipinski definition) is 1. The number of para-hydroxylation sites is 1. The van der Waals surface area contributed by atoms with Gasteiger partial charge in [0.05, 0.1) is 17.7 Å². The number of hydrogen-bond acceptors (Lipinski definition) is 6. The Morgan fingerprint density at radius 3 is 2.50 bits per heavy atom. The van der Waals surface area contributed by atoms with Gasteiger partial charge in [-0.3, -0.25) is 4.79 Å². The van der Waals surface area contributed by atoms with E-state index in [4.69, 9.17) is 21.1 Å². The van der Waals surface area contributed by atoms with E-state index in [1.54, 1.807) is 12.1 Å². The molecule has 26 heavy (non-hydrogen) atoms. The Labute approximate surface area is 155 Å². The van der Waals surface area contributed by atoms with E-state index in [-0.39, 0.29) is 21.9 Å². The van der Waals surface area contributed by atoms with Crippen molar-refractivity contribution < 1.29 is 27.5 Å². The Kier molecular flexibility index (Phi) is 6.23. The minimum absolute atomic E-state index is 0.0313. The van der Waals surface area contributed by atoms with Gasteiger partial charge in [-0.25, -0.2) is 13.2 Å². The van der Waals surface area contributed by atoms with Gasteiger partial charge in [0.1, 0.15) is 11.3 Å². The molecular formula is C17H16ClNO6S. The second-order valence-corrected chi connectivity index (χ2v) is 7.66. The van der Waals surface area contributed by atoms with E-state index >= 15 is 0 Å². The zero-order valence-corrected chi connectivity index (χ0v) is 15.6. The molecule has 9 heteroatoms. The fourth-order valence-electron chi connectivity index (χ4n) is 2.13. The number of amides is 1. The number of halogens is 1. The maximum Gasteiger partial charge on any atom is 0.342 e. The molecule has 0 aromatic heterocycles. The Morgan fingerprint density at radius 1 is 1.15 bits per heavy atom. The van der Waals surface area contributed by atoms with Crippen LogP contribution in [0.3, 0.4) is 0 Å². The van der Waals surface area contributed by atoms with Gasteiger partial charge in [0, 0.05) is 11.3 Å². The zero-order chi connectivity index (χ0) is 19.3. The number of esters is 1. The average Bonchev–Trinajstić information content (AvgIpc) is 2.59. The van der Waals surface area contributed by atoms with E-state index in [0.717, 1.165) is 6.26 Å². The van der Waals surface area contributed by atoms with Crippen LogP contribution in [0.4, 0.5) is 5.69 Å². The highest BCUT2D eigenvalue weighted by molar-refractivity contribution is 7.90. The van der Waals surface area contributed by atoms with Gasteiger partial charge in [0.25, 0.3) is 5.91 Å². The third-order valence-electron chi connectivity index (χ3n) is 3.28. The van der Waals surface area contributed by atoms with Crippen molar-refractivity contribution in [1.82, 2.24) is 0 Å². The summed E-state index contributed by atoms with van der Waals surface area (Å²) in [4.78, 5) is 24.1. The molecule has 0 atom stereocenters. The summed E-state index contributed by atoms with van der Waals surface area (Å²) in [6.45, 7) is -0.605. The monoisotopic (exact) mass is 397 g/mol. The standard InChI is InChI=1S/C17H16ClNO6S/c1-24-14-8-7-11(18)9-12(14)17(21)25-10-16(20)19-13-5-3-4-6-15(13)26(2,22)23/h3-9H,10H2,1-2H3,(H,19,20). The van der Waals surface area contributed by atoms with Gasteiger partial charge in [-0.05, 0) is 30.3 Å². The first-order valence-corrected chi connectivity index (χ1v) is 9.59. The number of anilines is 1. The minimum Gasteiger partial charge on any atom is -0.496 e. The Hall–Kier alpha value is -2.58. The molecule has 2 rings (SSSR count). The molecule has 2 aromatic carbocycles. The molecule has 2 aromatic rings. The predicted octanol–water partition coefficient (Wildman–Crippen LogP) is 2.55. The molecule has 0 saturated carbocycles. The summed E-state index contributed by atoms with van der Waals surface area (Å²) >= 11 is 5.85. The molecule has 7 nitrogen and oxygen atoms in total. The maximum absolute atomic E-state index is 12.1. The first kappa shape index (κ1) is 19.7. The fraction of sp³-hybridized carbons (Fsp3) is 0.176. The summed E-state index contributed by atoms with van der Waals surface area (Å²) in [6, 6.07) is 10.3. The molecular weight excluding hydrogens is 382 g/mol. The van der Waals surface area contributed by atoms with Gasteiger partial charge < -0.3 is 14.8 Å². The van der Waals surface area contributed by atoms with Crippen LogP contribution in [0.15, 0.2) is 47.4 Å². The van der Waals surface area contributed by atoms with E-state index in [9.17, 15) is 18.0 Å². The number of ether oxygens (including phenoxy) is 2. The van der Waals surface area contributed by atoms with Gasteiger partial charge in [-0.1, -0.05) is 23.7 Å². The maximum atomic E-state index is 12.1. The molecule has 0 saturated heterocycles. The van der Waals surface area contributed by atoms with Crippen LogP contribution in [-0.2, 0) is 19.4 Å². The second-order valence-electron chi connectivity index (χ2n) is 5.24. The van der Waals surface area contributed by atoms with Crippen molar-refractivity contribution in [2.45, 2.75) is 4.90 Å². The van der Waals surface area contributed by atoms with Crippen molar-refractivity contribution in [3.63, 3.8) is 0 Å². The average molecular weight is 398 g/mol. The minimum atomic E-state index is -3.52. The molecule has 0 aliphatic heterocycles. The van der Waals surface area contributed by atoms with Crippen molar-refractivity contribution in [1.29, 1.82) is 0 Å². The highest BCUT2D eigenvalue weighted by atomic mass is 35.5. The van der Waals surface area contributed by atoms with Gasteiger partial charge >= 0.3 is 5.97 Å². The van der Waals surface area contributed by atoms with Crippen LogP contribution >= 0.6 is 11.6 Å². The van der Waals surface area contributed by atoms with Crippen molar-refractivity contribution in [2.75, 3.05) is 25.3 Å². The van der Waals surface area contributed by atoms with E-state index in [1.165, 1.54) is 37.4 Å². The molecule has 0 aliphatic rings. The van der Waals surface area contributed by atoms with Gasteiger partial charge in [-0.15, -0.1) is 0 Å². The zero-order valence-electron chi connectivity index (χ0n) is 14.0. The molecule has 1 N–H and O–H groups in total. The van der Waals surface area contributed by atoms with Crippen LogP contribution in [0.1, 0.15) is 10.4 Å². The van der Waals surface area contributed by atoms with Crippen LogP contribution < -0.4 is 10.1 Å². The number of benzene rings is 2. The normalized spacial score (nSPS) is 10.9. The SMILES string of the molecule is COc1ccc(Cl)cc1C(=O)OCC(=O)Nc1ccccc1S(C)(=O)=O. The highest BCUT2D eigenvalue weighted by Crippen LogP contribution is 2.23. The van der Waals surface area contributed by atoms with E-state index in [2.05, 4.69) is 5.32 Å². The fourth-order valence-corrected chi connectivity index (χ4v) is 3.14. The lowest BCUT2D eigenvalue weighted by molar-refractivity contribution is -0.119. The molecule has 0 radical (unpaired) electrons. The van der Waals surface area contributed by atoms with Crippen LogP contribution in [0.5, 0.6) is 5.75 Å². The molecule has 0 aliphatic carbocycles. The molecule has 0 bridgehead atoms. The highest BCUT2D eigenvalue weighted by Gasteiger charge is 2.18. The van der Waals surface area contributed by atoms with E-state index in [1.807, 2.05) is 0 Å². The van der Waals surface area contributed by atoms with Crippen LogP contribution in [-0.4, -0.2) is 40.3 Å². The molecule has 1 amide bonds. The molecule has 0 fully saturated rings. The Balaban J connectivity index is 2.07. The molecule has 138 valence electrons. The Bertz CT molecular complexity index is 942. The lowest BCUT2D eigenvalue weighted by Crippen LogP contribution is -2.22. The number of carbonyl (C=O) groups is 2. The second kappa shape index (κ2) is 8.20. The van der Waals surface area contributed by atoms with Crippen LogP contribution in [0.25, 0.3) is 0 Å². The van der Waals surface area contributed by atoms with Gasteiger partial charge in [0.2, 0.25) is 0 Å². The van der Waals surface area contributed by atoms with Gasteiger partial charge in [-0.2, -0.15) is 0 Å². The van der Waals surface area contributed by atoms with Crippen molar-refractivity contribution in [3.8, 4) is 5.75 Å². The quantitative estimate of drug-likeness (QED) is 0.752. The number of methoxy groups -OCH3 is 1. The number of rotatable bonds is 6.